The summed E-state index contributed by atoms with van der Waals surface area (Å²) in [6, 6.07) is 26.1. The fourth-order valence-corrected chi connectivity index (χ4v) is 4.43. The predicted molar refractivity (Wildman–Crippen MR) is 99.2 cm³/mol. The minimum absolute atomic E-state index is 1.30. The number of hydrogen-bond donors (Lipinski definition) is 0. The van der Waals surface area contributed by atoms with Crippen LogP contribution in [0, 0.1) is 0 Å². The molecule has 0 bridgehead atoms. The monoisotopic (exact) mass is 310 g/mol. The quantitative estimate of drug-likeness (QED) is 0.473. The second-order valence-electron chi connectivity index (χ2n) is 5.84. The van der Waals surface area contributed by atoms with E-state index in [1.54, 1.807) is 0 Å². The van der Waals surface area contributed by atoms with Gasteiger partial charge < -0.3 is 0 Å². The molecule has 1 heteroatoms. The zero-order chi connectivity index (χ0) is 15.2. The van der Waals surface area contributed by atoms with E-state index in [9.17, 15) is 0 Å². The van der Waals surface area contributed by atoms with E-state index < -0.39 is 0 Å². The third-order valence-electron chi connectivity index (χ3n) is 4.46. The van der Waals surface area contributed by atoms with Crippen LogP contribution >= 0.6 is 11.8 Å². The summed E-state index contributed by atoms with van der Waals surface area (Å²) < 4.78 is 0. The Bertz CT molecular complexity index is 992. The smallest absolute Gasteiger partial charge is 0.0201 e. The number of fused-ring (bicyclic) bond motifs is 6. The lowest BCUT2D eigenvalue weighted by Crippen LogP contribution is -1.93. The summed E-state index contributed by atoms with van der Waals surface area (Å²) in [6.07, 6.45) is 4.67. The minimum atomic E-state index is 1.30. The van der Waals surface area contributed by atoms with Gasteiger partial charge in [0.2, 0.25) is 0 Å². The molecule has 1 heterocycles. The first-order valence-electron chi connectivity index (χ1n) is 7.79. The molecule has 0 aromatic heterocycles. The lowest BCUT2D eigenvalue weighted by atomic mass is 9.95. The third-order valence-corrected chi connectivity index (χ3v) is 5.62. The Morgan fingerprint density at radius 2 is 1.04 bits per heavy atom. The highest BCUT2D eigenvalue weighted by atomic mass is 32.2. The van der Waals surface area contributed by atoms with Gasteiger partial charge in [-0.05, 0) is 57.7 Å². The van der Waals surface area contributed by atoms with Crippen LogP contribution in [0.1, 0.15) is 22.3 Å². The van der Waals surface area contributed by atoms with E-state index in [0.29, 0.717) is 0 Å². The SMILES string of the molecule is C1=C2/C(=C\c3ccccc3Sc3ccccc32)c2ccccc21. The zero-order valence-corrected chi connectivity index (χ0v) is 13.3. The van der Waals surface area contributed by atoms with Crippen molar-refractivity contribution in [3.8, 4) is 0 Å². The second-order valence-corrected chi connectivity index (χ2v) is 6.92. The molecule has 0 N–H and O–H groups in total. The Hall–Kier alpha value is -2.51. The molecule has 1 aliphatic carbocycles. The highest BCUT2D eigenvalue weighted by molar-refractivity contribution is 7.99. The molecule has 23 heavy (non-hydrogen) atoms. The summed E-state index contributed by atoms with van der Waals surface area (Å²) >= 11 is 1.86. The molecule has 3 aromatic carbocycles. The van der Waals surface area contributed by atoms with Crippen molar-refractivity contribution in [2.24, 2.45) is 0 Å². The number of rotatable bonds is 0. The summed E-state index contributed by atoms with van der Waals surface area (Å²) in [5, 5.41) is 0. The molecule has 0 unspecified atom stereocenters. The number of hydrogen-bond acceptors (Lipinski definition) is 1. The summed E-state index contributed by atoms with van der Waals surface area (Å²) in [5.74, 6) is 0. The maximum Gasteiger partial charge on any atom is 0.0201 e. The van der Waals surface area contributed by atoms with E-state index >= 15 is 0 Å². The third kappa shape index (κ3) is 2.01. The van der Waals surface area contributed by atoms with Gasteiger partial charge in [0.15, 0.2) is 0 Å². The van der Waals surface area contributed by atoms with E-state index in [4.69, 9.17) is 0 Å². The molecule has 0 radical (unpaired) electrons. The normalized spacial score (nSPS) is 16.7. The molecule has 0 nitrogen and oxygen atoms in total. The van der Waals surface area contributed by atoms with Crippen molar-refractivity contribution in [1.82, 2.24) is 0 Å². The molecule has 0 saturated carbocycles. The molecule has 0 saturated heterocycles. The Kier molecular flexibility index (Phi) is 2.82. The molecule has 5 rings (SSSR count). The first-order valence-corrected chi connectivity index (χ1v) is 8.61. The van der Waals surface area contributed by atoms with Crippen molar-refractivity contribution in [3.05, 3.63) is 95.1 Å². The topological polar surface area (TPSA) is 0 Å². The van der Waals surface area contributed by atoms with Gasteiger partial charge in [-0.15, -0.1) is 0 Å². The van der Waals surface area contributed by atoms with Crippen molar-refractivity contribution in [3.63, 3.8) is 0 Å². The minimum Gasteiger partial charge on any atom is -0.0888 e. The van der Waals surface area contributed by atoms with Gasteiger partial charge in [-0.25, -0.2) is 0 Å². The van der Waals surface area contributed by atoms with E-state index in [0.717, 1.165) is 0 Å². The second kappa shape index (κ2) is 5.00. The average Bonchev–Trinajstić information content (AvgIpc) is 2.94. The van der Waals surface area contributed by atoms with E-state index in [2.05, 4.69) is 84.9 Å². The van der Waals surface area contributed by atoms with Gasteiger partial charge in [0.25, 0.3) is 0 Å². The summed E-state index contributed by atoms with van der Waals surface area (Å²) in [5.41, 5.74) is 7.94. The maximum atomic E-state index is 2.34. The predicted octanol–water partition coefficient (Wildman–Crippen LogP) is 6.25. The van der Waals surface area contributed by atoms with Crippen molar-refractivity contribution < 1.29 is 0 Å². The van der Waals surface area contributed by atoms with Crippen LogP contribution in [0.3, 0.4) is 0 Å². The van der Waals surface area contributed by atoms with Crippen LogP contribution < -0.4 is 0 Å². The van der Waals surface area contributed by atoms with Gasteiger partial charge >= 0.3 is 0 Å². The first kappa shape index (κ1) is 13.0. The molecule has 0 amide bonds. The Morgan fingerprint density at radius 3 is 1.91 bits per heavy atom. The van der Waals surface area contributed by atoms with Crippen molar-refractivity contribution in [1.29, 1.82) is 0 Å². The molecule has 0 atom stereocenters. The van der Waals surface area contributed by atoms with Crippen LogP contribution in [-0.4, -0.2) is 0 Å². The maximum absolute atomic E-state index is 2.34. The molecule has 1 aliphatic heterocycles. The first-order chi connectivity index (χ1) is 11.4. The lowest BCUT2D eigenvalue weighted by molar-refractivity contribution is 1.36. The van der Waals surface area contributed by atoms with Crippen LogP contribution in [0.15, 0.2) is 82.6 Å². The van der Waals surface area contributed by atoms with Gasteiger partial charge in [0.1, 0.15) is 0 Å². The Morgan fingerprint density at radius 1 is 0.478 bits per heavy atom. The average molecular weight is 310 g/mol. The summed E-state index contributed by atoms with van der Waals surface area (Å²) in [4.78, 5) is 2.64. The van der Waals surface area contributed by atoms with E-state index in [1.165, 1.54) is 43.2 Å². The molecular formula is C22H14S. The summed E-state index contributed by atoms with van der Waals surface area (Å²) in [7, 11) is 0. The molecule has 0 spiro atoms. The van der Waals surface area contributed by atoms with Gasteiger partial charge in [0.05, 0.1) is 0 Å². The van der Waals surface area contributed by atoms with Gasteiger partial charge in [-0.3, -0.25) is 0 Å². The van der Waals surface area contributed by atoms with Gasteiger partial charge in [0, 0.05) is 9.79 Å². The zero-order valence-electron chi connectivity index (χ0n) is 12.5. The molecule has 2 aliphatic rings. The highest BCUT2D eigenvalue weighted by Gasteiger charge is 2.24. The Labute approximate surface area is 140 Å². The van der Waals surface area contributed by atoms with E-state index in [-0.39, 0.29) is 0 Å². The van der Waals surface area contributed by atoms with E-state index in [1.807, 2.05) is 11.8 Å². The fourth-order valence-electron chi connectivity index (χ4n) is 3.37. The van der Waals surface area contributed by atoms with Gasteiger partial charge in [-0.1, -0.05) is 72.4 Å². The van der Waals surface area contributed by atoms with Crippen molar-refractivity contribution in [2.45, 2.75) is 9.79 Å². The molecule has 0 fully saturated rings. The van der Waals surface area contributed by atoms with Crippen LogP contribution in [0.4, 0.5) is 0 Å². The lowest BCUT2D eigenvalue weighted by Gasteiger charge is -2.17. The van der Waals surface area contributed by atoms with Gasteiger partial charge in [-0.2, -0.15) is 0 Å². The number of benzene rings is 3. The van der Waals surface area contributed by atoms with Crippen LogP contribution in [0.5, 0.6) is 0 Å². The largest absolute Gasteiger partial charge is 0.0888 e. The van der Waals surface area contributed by atoms with Crippen LogP contribution in [-0.2, 0) is 0 Å². The Balaban J connectivity index is 1.87. The molecular weight excluding hydrogens is 296 g/mol. The van der Waals surface area contributed by atoms with Crippen LogP contribution in [0.25, 0.3) is 23.3 Å². The molecule has 3 aromatic rings. The summed E-state index contributed by atoms with van der Waals surface area (Å²) in [6.45, 7) is 0. The molecule has 108 valence electrons. The standard InChI is InChI=1S/C22H14S/c1-3-9-17-15(7-1)13-20-18-10-4-6-12-22(18)23-21-11-5-2-8-16(21)14-19(17)20/h1-14H/b19-14-. The van der Waals surface area contributed by atoms with Crippen molar-refractivity contribution in [2.75, 3.05) is 0 Å². The van der Waals surface area contributed by atoms with Crippen LogP contribution in [0.2, 0.25) is 0 Å². The number of allylic oxidation sites excluding steroid dienone is 2. The highest BCUT2D eigenvalue weighted by Crippen LogP contribution is 2.48. The van der Waals surface area contributed by atoms with Crippen molar-refractivity contribution >= 4 is 35.1 Å². The fraction of sp³-hybridized carbons (Fsp3) is 0.